The van der Waals surface area contributed by atoms with Gasteiger partial charge in [-0.3, -0.25) is 4.90 Å². The SMILES string of the molecule is CCN(CC)CC#CCOC(=O)C(O)(c1ccccc1)c1ccccc1. The smallest absolute Gasteiger partial charge is 0.348 e. The van der Waals surface area contributed by atoms with Crippen molar-refractivity contribution in [2.24, 2.45) is 0 Å². The van der Waals surface area contributed by atoms with Gasteiger partial charge < -0.3 is 9.84 Å². The molecule has 0 saturated heterocycles. The van der Waals surface area contributed by atoms with Gasteiger partial charge in [0.05, 0.1) is 6.54 Å². The Morgan fingerprint density at radius 1 is 0.962 bits per heavy atom. The molecule has 0 aliphatic carbocycles. The molecule has 0 fully saturated rings. The summed E-state index contributed by atoms with van der Waals surface area (Å²) in [5, 5.41) is 11.2. The molecular weight excluding hydrogens is 326 g/mol. The summed E-state index contributed by atoms with van der Waals surface area (Å²) < 4.78 is 5.28. The third-order valence-electron chi connectivity index (χ3n) is 4.28. The number of nitrogens with zero attached hydrogens (tertiary/aromatic N) is 1. The molecule has 0 bridgehead atoms. The molecule has 4 nitrogen and oxygen atoms in total. The molecule has 136 valence electrons. The molecule has 0 atom stereocenters. The maximum absolute atomic E-state index is 12.7. The zero-order chi connectivity index (χ0) is 18.8. The van der Waals surface area contributed by atoms with Crippen LogP contribution in [0.15, 0.2) is 60.7 Å². The van der Waals surface area contributed by atoms with Crippen LogP contribution in [0.3, 0.4) is 0 Å². The van der Waals surface area contributed by atoms with Gasteiger partial charge in [-0.25, -0.2) is 4.79 Å². The standard InChI is InChI=1S/C22H25NO3/c1-3-23(4-2)17-11-12-18-26-21(24)22(25,19-13-7-5-8-14-19)20-15-9-6-10-16-20/h5-10,13-16,25H,3-4,17-18H2,1-2H3. The van der Waals surface area contributed by atoms with Gasteiger partial charge in [0.2, 0.25) is 5.60 Å². The van der Waals surface area contributed by atoms with Crippen LogP contribution in [0, 0.1) is 11.8 Å². The fourth-order valence-electron chi connectivity index (χ4n) is 2.63. The van der Waals surface area contributed by atoms with Crippen LogP contribution in [0.1, 0.15) is 25.0 Å². The molecule has 0 aliphatic rings. The van der Waals surface area contributed by atoms with Gasteiger partial charge in [-0.15, -0.1) is 0 Å². The van der Waals surface area contributed by atoms with Crippen molar-refractivity contribution in [3.05, 3.63) is 71.8 Å². The van der Waals surface area contributed by atoms with E-state index < -0.39 is 11.6 Å². The number of carbonyl (C=O) groups is 1. The minimum Gasteiger partial charge on any atom is -0.450 e. The van der Waals surface area contributed by atoms with Crippen molar-refractivity contribution in [2.75, 3.05) is 26.2 Å². The average molecular weight is 351 g/mol. The highest BCUT2D eigenvalue weighted by Gasteiger charge is 2.41. The number of ether oxygens (including phenoxy) is 1. The van der Waals surface area contributed by atoms with E-state index in [2.05, 4.69) is 30.6 Å². The zero-order valence-corrected chi connectivity index (χ0v) is 15.3. The van der Waals surface area contributed by atoms with E-state index in [4.69, 9.17) is 4.74 Å². The third-order valence-corrected chi connectivity index (χ3v) is 4.28. The maximum Gasteiger partial charge on any atom is 0.348 e. The van der Waals surface area contributed by atoms with E-state index in [0.717, 1.165) is 13.1 Å². The van der Waals surface area contributed by atoms with E-state index in [1.807, 2.05) is 12.1 Å². The second-order valence-electron chi connectivity index (χ2n) is 5.83. The van der Waals surface area contributed by atoms with Crippen molar-refractivity contribution < 1.29 is 14.6 Å². The molecule has 0 spiro atoms. The lowest BCUT2D eigenvalue weighted by Gasteiger charge is -2.26. The number of rotatable bonds is 7. The Labute approximate surface area is 155 Å². The number of esters is 1. The maximum atomic E-state index is 12.7. The summed E-state index contributed by atoms with van der Waals surface area (Å²) in [7, 11) is 0. The fraction of sp³-hybridized carbons (Fsp3) is 0.318. The number of hydrogen-bond donors (Lipinski definition) is 1. The van der Waals surface area contributed by atoms with E-state index in [1.54, 1.807) is 48.5 Å². The largest absolute Gasteiger partial charge is 0.450 e. The van der Waals surface area contributed by atoms with E-state index in [1.165, 1.54) is 0 Å². The monoisotopic (exact) mass is 351 g/mol. The molecule has 2 aromatic carbocycles. The minimum atomic E-state index is -1.86. The highest BCUT2D eigenvalue weighted by molar-refractivity contribution is 5.85. The molecule has 0 heterocycles. The van der Waals surface area contributed by atoms with E-state index in [9.17, 15) is 9.90 Å². The van der Waals surface area contributed by atoms with Crippen molar-refractivity contribution >= 4 is 5.97 Å². The first-order valence-electron chi connectivity index (χ1n) is 8.81. The summed E-state index contributed by atoms with van der Waals surface area (Å²) in [4.78, 5) is 14.9. The molecule has 26 heavy (non-hydrogen) atoms. The van der Waals surface area contributed by atoms with Gasteiger partial charge >= 0.3 is 5.97 Å². The second-order valence-corrected chi connectivity index (χ2v) is 5.83. The molecule has 4 heteroatoms. The molecule has 2 rings (SSSR count). The number of aliphatic hydroxyl groups is 1. The van der Waals surface area contributed by atoms with Crippen molar-refractivity contribution in [2.45, 2.75) is 19.4 Å². The van der Waals surface area contributed by atoms with Crippen LogP contribution < -0.4 is 0 Å². The quantitative estimate of drug-likeness (QED) is 0.616. The lowest BCUT2D eigenvalue weighted by Crippen LogP contribution is -2.38. The molecule has 0 radical (unpaired) electrons. The van der Waals surface area contributed by atoms with Gasteiger partial charge in [0, 0.05) is 0 Å². The highest BCUT2D eigenvalue weighted by Crippen LogP contribution is 2.30. The number of benzene rings is 2. The Hall–Kier alpha value is -2.61. The van der Waals surface area contributed by atoms with Gasteiger partial charge in [-0.1, -0.05) is 86.4 Å². The van der Waals surface area contributed by atoms with Gasteiger partial charge in [0.25, 0.3) is 0 Å². The zero-order valence-electron chi connectivity index (χ0n) is 15.3. The summed E-state index contributed by atoms with van der Waals surface area (Å²) in [5.41, 5.74) is -0.928. The molecular formula is C22H25NO3. The molecule has 0 aromatic heterocycles. The summed E-state index contributed by atoms with van der Waals surface area (Å²) in [6.07, 6.45) is 0. The molecule has 2 aromatic rings. The summed E-state index contributed by atoms with van der Waals surface area (Å²) >= 11 is 0. The predicted octanol–water partition coefficient (Wildman–Crippen LogP) is 2.81. The van der Waals surface area contributed by atoms with Gasteiger partial charge in [-0.05, 0) is 24.2 Å². The third kappa shape index (κ3) is 4.72. The molecule has 0 aliphatic heterocycles. The second kappa shape index (κ2) is 9.76. The number of hydrogen-bond acceptors (Lipinski definition) is 4. The van der Waals surface area contributed by atoms with Crippen molar-refractivity contribution in [1.29, 1.82) is 0 Å². The normalized spacial score (nSPS) is 10.9. The van der Waals surface area contributed by atoms with Gasteiger partial charge in [0.1, 0.15) is 0 Å². The van der Waals surface area contributed by atoms with Crippen LogP contribution in [0.5, 0.6) is 0 Å². The highest BCUT2D eigenvalue weighted by atomic mass is 16.5. The summed E-state index contributed by atoms with van der Waals surface area (Å²) in [5.74, 6) is 5.11. The first-order valence-corrected chi connectivity index (χ1v) is 8.81. The van der Waals surface area contributed by atoms with Crippen LogP contribution in [-0.2, 0) is 15.1 Å². The average Bonchev–Trinajstić information content (AvgIpc) is 2.71. The Morgan fingerprint density at radius 2 is 1.46 bits per heavy atom. The first kappa shape index (κ1) is 19.7. The van der Waals surface area contributed by atoms with Crippen LogP contribution in [0.25, 0.3) is 0 Å². The van der Waals surface area contributed by atoms with E-state index in [0.29, 0.717) is 17.7 Å². The topological polar surface area (TPSA) is 49.8 Å². The molecule has 0 unspecified atom stereocenters. The first-order chi connectivity index (χ1) is 12.6. The van der Waals surface area contributed by atoms with Crippen LogP contribution >= 0.6 is 0 Å². The summed E-state index contributed by atoms with van der Waals surface area (Å²) in [6, 6.07) is 17.6. The van der Waals surface area contributed by atoms with Gasteiger partial charge in [0.15, 0.2) is 6.61 Å². The molecule has 0 amide bonds. The minimum absolute atomic E-state index is 0.0535. The van der Waals surface area contributed by atoms with E-state index in [-0.39, 0.29) is 6.61 Å². The van der Waals surface area contributed by atoms with Gasteiger partial charge in [-0.2, -0.15) is 0 Å². The Morgan fingerprint density at radius 3 is 1.92 bits per heavy atom. The lowest BCUT2D eigenvalue weighted by atomic mass is 9.86. The van der Waals surface area contributed by atoms with Crippen LogP contribution in [-0.4, -0.2) is 42.2 Å². The summed E-state index contributed by atoms with van der Waals surface area (Å²) in [6.45, 7) is 6.57. The van der Waals surface area contributed by atoms with Crippen molar-refractivity contribution in [3.63, 3.8) is 0 Å². The fourth-order valence-corrected chi connectivity index (χ4v) is 2.63. The molecule has 0 saturated carbocycles. The lowest BCUT2D eigenvalue weighted by molar-refractivity contribution is -0.160. The van der Waals surface area contributed by atoms with Crippen LogP contribution in [0.4, 0.5) is 0 Å². The number of carbonyl (C=O) groups excluding carboxylic acids is 1. The van der Waals surface area contributed by atoms with Crippen molar-refractivity contribution in [1.82, 2.24) is 4.90 Å². The Bertz CT molecular complexity index is 704. The van der Waals surface area contributed by atoms with Crippen LogP contribution in [0.2, 0.25) is 0 Å². The molecule has 1 N–H and O–H groups in total. The Balaban J connectivity index is 2.14. The van der Waals surface area contributed by atoms with Crippen molar-refractivity contribution in [3.8, 4) is 11.8 Å². The predicted molar refractivity (Wildman–Crippen MR) is 102 cm³/mol. The Kier molecular flexibility index (Phi) is 7.40. The van der Waals surface area contributed by atoms with E-state index >= 15 is 0 Å².